The van der Waals surface area contributed by atoms with Crippen LogP contribution in [0.4, 0.5) is 4.79 Å². The van der Waals surface area contributed by atoms with Gasteiger partial charge in [0.25, 0.3) is 0 Å². The second-order valence-corrected chi connectivity index (χ2v) is 3.68. The minimum Gasteiger partial charge on any atom is -0.435 e. The summed E-state index contributed by atoms with van der Waals surface area (Å²) in [6.45, 7) is 7.39. The summed E-state index contributed by atoms with van der Waals surface area (Å²) in [6.07, 6.45) is -1.56. The van der Waals surface area contributed by atoms with Crippen LogP contribution in [-0.2, 0) is 9.47 Å². The SMILES string of the molecule is CCOC(=O)O[C@@H](C#N)C(C)(C)C. The van der Waals surface area contributed by atoms with Crippen molar-refractivity contribution in [2.75, 3.05) is 6.61 Å². The molecule has 0 aliphatic heterocycles. The van der Waals surface area contributed by atoms with Gasteiger partial charge >= 0.3 is 6.16 Å². The van der Waals surface area contributed by atoms with Crippen LogP contribution in [0.2, 0.25) is 0 Å². The molecule has 0 aromatic rings. The van der Waals surface area contributed by atoms with E-state index < -0.39 is 12.3 Å². The Bertz CT molecular complexity index is 212. The van der Waals surface area contributed by atoms with Crippen molar-refractivity contribution in [1.82, 2.24) is 0 Å². The lowest BCUT2D eigenvalue weighted by molar-refractivity contribution is 0.00907. The van der Waals surface area contributed by atoms with Crippen LogP contribution in [0, 0.1) is 16.7 Å². The first-order valence-electron chi connectivity index (χ1n) is 4.14. The molecule has 1 atom stereocenters. The summed E-state index contributed by atoms with van der Waals surface area (Å²) >= 11 is 0. The maximum atomic E-state index is 10.9. The normalized spacial score (nSPS) is 12.8. The minimum atomic E-state index is -0.788. The van der Waals surface area contributed by atoms with Crippen LogP contribution >= 0.6 is 0 Å². The molecule has 0 N–H and O–H groups in total. The molecule has 0 aromatic carbocycles. The van der Waals surface area contributed by atoms with E-state index in [9.17, 15) is 4.79 Å². The van der Waals surface area contributed by atoms with Crippen molar-refractivity contribution in [3.05, 3.63) is 0 Å². The summed E-state index contributed by atoms with van der Waals surface area (Å²) in [4.78, 5) is 10.9. The highest BCUT2D eigenvalue weighted by molar-refractivity contribution is 5.60. The molecule has 4 heteroatoms. The minimum absolute atomic E-state index is 0.251. The summed E-state index contributed by atoms with van der Waals surface area (Å²) in [6, 6.07) is 1.91. The van der Waals surface area contributed by atoms with Gasteiger partial charge in [0.05, 0.1) is 6.61 Å². The molecule has 0 unspecified atom stereocenters. The van der Waals surface area contributed by atoms with Crippen LogP contribution in [0.1, 0.15) is 27.7 Å². The van der Waals surface area contributed by atoms with Crippen LogP contribution in [0.3, 0.4) is 0 Å². The van der Waals surface area contributed by atoms with E-state index in [0.717, 1.165) is 0 Å². The van der Waals surface area contributed by atoms with Crippen molar-refractivity contribution in [2.24, 2.45) is 5.41 Å². The van der Waals surface area contributed by atoms with E-state index in [2.05, 4.69) is 4.74 Å². The summed E-state index contributed by atoms with van der Waals surface area (Å²) in [5.74, 6) is 0. The molecule has 0 heterocycles. The largest absolute Gasteiger partial charge is 0.509 e. The van der Waals surface area contributed by atoms with Crippen LogP contribution in [0.5, 0.6) is 0 Å². The fraction of sp³-hybridized carbons (Fsp3) is 0.778. The van der Waals surface area contributed by atoms with Crippen molar-refractivity contribution >= 4 is 6.16 Å². The first-order chi connectivity index (χ1) is 5.91. The number of hydrogen-bond acceptors (Lipinski definition) is 4. The molecule has 0 aliphatic carbocycles. The molecular weight excluding hydrogens is 170 g/mol. The molecule has 74 valence electrons. The first-order valence-corrected chi connectivity index (χ1v) is 4.14. The molecule has 0 spiro atoms. The van der Waals surface area contributed by atoms with Gasteiger partial charge in [-0.1, -0.05) is 20.8 Å². The van der Waals surface area contributed by atoms with Crippen molar-refractivity contribution in [2.45, 2.75) is 33.8 Å². The molecule has 0 rings (SSSR count). The highest BCUT2D eigenvalue weighted by atomic mass is 16.7. The highest BCUT2D eigenvalue weighted by Crippen LogP contribution is 2.21. The van der Waals surface area contributed by atoms with Gasteiger partial charge in [0.1, 0.15) is 6.07 Å². The van der Waals surface area contributed by atoms with Crippen molar-refractivity contribution in [3.63, 3.8) is 0 Å². The molecule has 0 saturated heterocycles. The number of carbonyl (C=O) groups is 1. The Labute approximate surface area is 78.4 Å². The van der Waals surface area contributed by atoms with Gasteiger partial charge in [-0.2, -0.15) is 5.26 Å². The van der Waals surface area contributed by atoms with E-state index >= 15 is 0 Å². The molecule has 0 amide bonds. The lowest BCUT2D eigenvalue weighted by Crippen LogP contribution is -2.30. The zero-order chi connectivity index (χ0) is 10.5. The van der Waals surface area contributed by atoms with E-state index in [0.29, 0.717) is 0 Å². The third-order valence-corrected chi connectivity index (χ3v) is 1.38. The molecule has 0 radical (unpaired) electrons. The number of ether oxygens (including phenoxy) is 2. The summed E-state index contributed by atoms with van der Waals surface area (Å²) in [5.41, 5.74) is -0.387. The van der Waals surface area contributed by atoms with Crippen LogP contribution < -0.4 is 0 Å². The Morgan fingerprint density at radius 2 is 2.08 bits per heavy atom. The van der Waals surface area contributed by atoms with E-state index in [1.807, 2.05) is 26.8 Å². The van der Waals surface area contributed by atoms with Crippen LogP contribution in [0.15, 0.2) is 0 Å². The maximum absolute atomic E-state index is 10.9. The molecule has 4 nitrogen and oxygen atoms in total. The second-order valence-electron chi connectivity index (χ2n) is 3.68. The number of carbonyl (C=O) groups excluding carboxylic acids is 1. The summed E-state index contributed by atoms with van der Waals surface area (Å²) < 4.78 is 9.34. The number of nitriles is 1. The zero-order valence-electron chi connectivity index (χ0n) is 8.46. The highest BCUT2D eigenvalue weighted by Gasteiger charge is 2.28. The quantitative estimate of drug-likeness (QED) is 0.618. The second kappa shape index (κ2) is 4.70. The predicted molar refractivity (Wildman–Crippen MR) is 47.0 cm³/mol. The van der Waals surface area contributed by atoms with E-state index in [4.69, 9.17) is 10.00 Å². The molecule has 0 saturated carbocycles. The monoisotopic (exact) mass is 185 g/mol. The molecular formula is C9H15NO3. The Morgan fingerprint density at radius 3 is 2.38 bits per heavy atom. The van der Waals surface area contributed by atoms with E-state index in [1.54, 1.807) is 6.92 Å². The Hall–Kier alpha value is -1.24. The van der Waals surface area contributed by atoms with Crippen LogP contribution in [-0.4, -0.2) is 18.9 Å². The molecule has 0 bridgehead atoms. The Morgan fingerprint density at radius 1 is 1.54 bits per heavy atom. The van der Waals surface area contributed by atoms with Crippen molar-refractivity contribution in [1.29, 1.82) is 5.26 Å². The lowest BCUT2D eigenvalue weighted by Gasteiger charge is -2.23. The third-order valence-electron chi connectivity index (χ3n) is 1.38. The fourth-order valence-corrected chi connectivity index (χ4v) is 0.645. The Kier molecular flexibility index (Phi) is 4.26. The van der Waals surface area contributed by atoms with E-state index in [-0.39, 0.29) is 12.0 Å². The maximum Gasteiger partial charge on any atom is 0.509 e. The first kappa shape index (κ1) is 11.8. The standard InChI is InChI=1S/C9H15NO3/c1-5-12-8(11)13-7(6-10)9(2,3)4/h7H,5H2,1-4H3/t7-/m0/s1. The summed E-state index contributed by atoms with van der Waals surface area (Å²) in [7, 11) is 0. The van der Waals surface area contributed by atoms with Gasteiger partial charge in [0, 0.05) is 5.41 Å². The fourth-order valence-electron chi connectivity index (χ4n) is 0.645. The number of rotatable bonds is 2. The smallest absolute Gasteiger partial charge is 0.435 e. The zero-order valence-corrected chi connectivity index (χ0v) is 8.46. The van der Waals surface area contributed by atoms with Gasteiger partial charge in [-0.15, -0.1) is 0 Å². The molecule has 0 aromatic heterocycles. The van der Waals surface area contributed by atoms with Crippen molar-refractivity contribution < 1.29 is 14.3 Å². The summed E-state index contributed by atoms with van der Waals surface area (Å²) in [5, 5.41) is 8.70. The molecule has 0 aliphatic rings. The average Bonchev–Trinajstić information content (AvgIpc) is 1.98. The molecule has 0 fully saturated rings. The predicted octanol–water partition coefficient (Wildman–Crippen LogP) is 2.10. The number of hydrogen-bond donors (Lipinski definition) is 0. The van der Waals surface area contributed by atoms with Crippen molar-refractivity contribution in [3.8, 4) is 6.07 Å². The average molecular weight is 185 g/mol. The van der Waals surface area contributed by atoms with E-state index in [1.165, 1.54) is 0 Å². The molecule has 13 heavy (non-hydrogen) atoms. The van der Waals surface area contributed by atoms with Gasteiger partial charge in [-0.3, -0.25) is 0 Å². The Balaban J connectivity index is 4.17. The topological polar surface area (TPSA) is 59.3 Å². The van der Waals surface area contributed by atoms with Gasteiger partial charge < -0.3 is 9.47 Å². The van der Waals surface area contributed by atoms with Gasteiger partial charge in [-0.25, -0.2) is 4.79 Å². The van der Waals surface area contributed by atoms with Gasteiger partial charge in [0.2, 0.25) is 0 Å². The number of nitrogens with zero attached hydrogens (tertiary/aromatic N) is 1. The lowest BCUT2D eigenvalue weighted by atomic mass is 9.90. The van der Waals surface area contributed by atoms with Gasteiger partial charge in [0.15, 0.2) is 6.10 Å². The third kappa shape index (κ3) is 4.36. The van der Waals surface area contributed by atoms with Crippen LogP contribution in [0.25, 0.3) is 0 Å². The van der Waals surface area contributed by atoms with Gasteiger partial charge in [-0.05, 0) is 6.92 Å².